The number of hydrogen-bond donors (Lipinski definition) is 1. The smallest absolute Gasteiger partial charge is 0.308 e. The van der Waals surface area contributed by atoms with E-state index in [1.54, 1.807) is 0 Å². The highest BCUT2D eigenvalue weighted by atomic mass is 16.5. The van der Waals surface area contributed by atoms with Crippen LogP contribution in [-0.2, 0) is 4.74 Å². The summed E-state index contributed by atoms with van der Waals surface area (Å²) in [4.78, 5) is 11.9. The summed E-state index contributed by atoms with van der Waals surface area (Å²) >= 11 is 0. The standard InChI is InChI=1S/C14H15N3O3/c18-12(15-9-11-7-4-8-19-11)14-17-16-13(20-14)10-5-2-1-3-6-10/h1-3,5-6,11H,4,7-9H2,(H,15,18). The Morgan fingerprint density at radius 2 is 2.15 bits per heavy atom. The first-order chi connectivity index (χ1) is 9.83. The number of rotatable bonds is 4. The molecule has 1 amide bonds. The maximum absolute atomic E-state index is 11.9. The van der Waals surface area contributed by atoms with Crippen LogP contribution in [0.3, 0.4) is 0 Å². The van der Waals surface area contributed by atoms with Crippen LogP contribution in [0.25, 0.3) is 11.5 Å². The lowest BCUT2D eigenvalue weighted by atomic mass is 10.2. The van der Waals surface area contributed by atoms with Crippen LogP contribution < -0.4 is 5.32 Å². The Morgan fingerprint density at radius 3 is 2.90 bits per heavy atom. The van der Waals surface area contributed by atoms with E-state index in [4.69, 9.17) is 9.15 Å². The van der Waals surface area contributed by atoms with E-state index in [0.29, 0.717) is 12.4 Å². The van der Waals surface area contributed by atoms with Crippen LogP contribution in [0.2, 0.25) is 0 Å². The fraction of sp³-hybridized carbons (Fsp3) is 0.357. The van der Waals surface area contributed by atoms with Crippen LogP contribution in [0, 0.1) is 0 Å². The molecule has 1 fully saturated rings. The van der Waals surface area contributed by atoms with Gasteiger partial charge in [-0.25, -0.2) is 0 Å². The average molecular weight is 273 g/mol. The van der Waals surface area contributed by atoms with Crippen molar-refractivity contribution in [1.82, 2.24) is 15.5 Å². The van der Waals surface area contributed by atoms with Gasteiger partial charge in [0, 0.05) is 18.7 Å². The molecule has 0 bridgehead atoms. The number of nitrogens with zero attached hydrogens (tertiary/aromatic N) is 2. The summed E-state index contributed by atoms with van der Waals surface area (Å²) in [5.74, 6) is -0.0510. The van der Waals surface area contributed by atoms with E-state index in [0.717, 1.165) is 25.0 Å². The van der Waals surface area contributed by atoms with E-state index in [-0.39, 0.29) is 17.9 Å². The zero-order valence-corrected chi connectivity index (χ0v) is 10.9. The maximum atomic E-state index is 11.9. The Hall–Kier alpha value is -2.21. The topological polar surface area (TPSA) is 77.2 Å². The van der Waals surface area contributed by atoms with Crippen LogP contribution >= 0.6 is 0 Å². The molecule has 2 aromatic rings. The fourth-order valence-corrected chi connectivity index (χ4v) is 2.10. The quantitative estimate of drug-likeness (QED) is 0.916. The molecule has 0 spiro atoms. The second-order valence-electron chi connectivity index (χ2n) is 4.62. The molecule has 20 heavy (non-hydrogen) atoms. The van der Waals surface area contributed by atoms with Crippen molar-refractivity contribution in [2.45, 2.75) is 18.9 Å². The molecule has 0 radical (unpaired) electrons. The summed E-state index contributed by atoms with van der Waals surface area (Å²) in [6, 6.07) is 9.34. The van der Waals surface area contributed by atoms with Crippen LogP contribution in [0.5, 0.6) is 0 Å². The summed E-state index contributed by atoms with van der Waals surface area (Å²) < 4.78 is 10.8. The number of carbonyl (C=O) groups is 1. The van der Waals surface area contributed by atoms with Crippen molar-refractivity contribution in [3.8, 4) is 11.5 Å². The second kappa shape index (κ2) is 5.83. The number of benzene rings is 1. The van der Waals surface area contributed by atoms with Gasteiger partial charge < -0.3 is 14.5 Å². The van der Waals surface area contributed by atoms with Crippen molar-refractivity contribution in [3.63, 3.8) is 0 Å². The molecular weight excluding hydrogens is 258 g/mol. The molecule has 1 aliphatic rings. The zero-order chi connectivity index (χ0) is 13.8. The number of carbonyl (C=O) groups excluding carboxylic acids is 1. The molecule has 0 aliphatic carbocycles. The highest BCUT2D eigenvalue weighted by molar-refractivity contribution is 5.89. The van der Waals surface area contributed by atoms with Gasteiger partial charge in [-0.3, -0.25) is 4.79 Å². The van der Waals surface area contributed by atoms with Gasteiger partial charge in [0.25, 0.3) is 0 Å². The predicted octanol–water partition coefficient (Wildman–Crippen LogP) is 1.65. The third kappa shape index (κ3) is 2.85. The van der Waals surface area contributed by atoms with Gasteiger partial charge in [0.15, 0.2) is 0 Å². The van der Waals surface area contributed by atoms with Gasteiger partial charge in [-0.2, -0.15) is 0 Å². The first-order valence-electron chi connectivity index (χ1n) is 6.61. The minimum absolute atomic E-state index is 0.0261. The Bertz CT molecular complexity index is 576. The third-order valence-electron chi connectivity index (χ3n) is 3.15. The maximum Gasteiger partial charge on any atom is 0.308 e. The lowest BCUT2D eigenvalue weighted by molar-refractivity contribution is 0.0830. The Labute approximate surface area is 116 Å². The van der Waals surface area contributed by atoms with Crippen molar-refractivity contribution in [2.24, 2.45) is 0 Å². The summed E-state index contributed by atoms with van der Waals surface area (Å²) in [6.07, 6.45) is 2.11. The van der Waals surface area contributed by atoms with E-state index in [9.17, 15) is 4.79 Å². The Kier molecular flexibility index (Phi) is 3.73. The minimum Gasteiger partial charge on any atom is -0.412 e. The monoisotopic (exact) mass is 273 g/mol. The van der Waals surface area contributed by atoms with Crippen LogP contribution in [0.1, 0.15) is 23.5 Å². The molecule has 6 nitrogen and oxygen atoms in total. The van der Waals surface area contributed by atoms with Crippen molar-refractivity contribution in [3.05, 3.63) is 36.2 Å². The number of amides is 1. The Morgan fingerprint density at radius 1 is 1.30 bits per heavy atom. The first kappa shape index (κ1) is 12.8. The molecule has 1 aromatic heterocycles. The minimum atomic E-state index is -0.366. The second-order valence-corrected chi connectivity index (χ2v) is 4.62. The lowest BCUT2D eigenvalue weighted by Gasteiger charge is -2.08. The highest BCUT2D eigenvalue weighted by Crippen LogP contribution is 2.17. The number of aromatic nitrogens is 2. The molecule has 1 aliphatic heterocycles. The number of nitrogens with one attached hydrogen (secondary N) is 1. The SMILES string of the molecule is O=C(NCC1CCCO1)c1nnc(-c2ccccc2)o1. The molecule has 1 N–H and O–H groups in total. The van der Waals surface area contributed by atoms with Gasteiger partial charge in [-0.15, -0.1) is 10.2 Å². The normalized spacial score (nSPS) is 18.1. The van der Waals surface area contributed by atoms with Crippen molar-refractivity contribution in [2.75, 3.05) is 13.2 Å². The summed E-state index contributed by atoms with van der Waals surface area (Å²) in [6.45, 7) is 1.24. The first-order valence-corrected chi connectivity index (χ1v) is 6.61. The summed E-state index contributed by atoms with van der Waals surface area (Å²) in [5.41, 5.74) is 0.790. The van der Waals surface area contributed by atoms with Crippen molar-refractivity contribution in [1.29, 1.82) is 0 Å². The fourth-order valence-electron chi connectivity index (χ4n) is 2.10. The summed E-state index contributed by atoms with van der Waals surface area (Å²) in [7, 11) is 0. The molecule has 104 valence electrons. The molecule has 1 aromatic carbocycles. The van der Waals surface area contributed by atoms with E-state index in [1.165, 1.54) is 0 Å². The molecular formula is C14H15N3O3. The molecule has 1 unspecified atom stereocenters. The number of hydrogen-bond acceptors (Lipinski definition) is 5. The van der Waals surface area contributed by atoms with E-state index in [1.807, 2.05) is 30.3 Å². The Balaban J connectivity index is 1.62. The van der Waals surface area contributed by atoms with E-state index < -0.39 is 0 Å². The van der Waals surface area contributed by atoms with E-state index >= 15 is 0 Å². The van der Waals surface area contributed by atoms with Gasteiger partial charge in [0.05, 0.1) is 6.10 Å². The van der Waals surface area contributed by atoms with Crippen LogP contribution in [0.4, 0.5) is 0 Å². The lowest BCUT2D eigenvalue weighted by Crippen LogP contribution is -2.31. The molecule has 1 atom stereocenters. The van der Waals surface area contributed by atoms with Gasteiger partial charge in [0.2, 0.25) is 5.89 Å². The third-order valence-corrected chi connectivity index (χ3v) is 3.15. The largest absolute Gasteiger partial charge is 0.412 e. The molecule has 2 heterocycles. The van der Waals surface area contributed by atoms with Gasteiger partial charge >= 0.3 is 11.8 Å². The van der Waals surface area contributed by atoms with Crippen LogP contribution in [0.15, 0.2) is 34.7 Å². The predicted molar refractivity (Wildman–Crippen MR) is 71.0 cm³/mol. The highest BCUT2D eigenvalue weighted by Gasteiger charge is 2.19. The van der Waals surface area contributed by atoms with Gasteiger partial charge in [0.1, 0.15) is 0 Å². The molecule has 6 heteroatoms. The van der Waals surface area contributed by atoms with E-state index in [2.05, 4.69) is 15.5 Å². The average Bonchev–Trinajstić information content (AvgIpc) is 3.17. The van der Waals surface area contributed by atoms with Gasteiger partial charge in [-0.1, -0.05) is 18.2 Å². The zero-order valence-electron chi connectivity index (χ0n) is 10.9. The molecule has 3 rings (SSSR count). The number of ether oxygens (including phenoxy) is 1. The van der Waals surface area contributed by atoms with Crippen molar-refractivity contribution >= 4 is 5.91 Å². The van der Waals surface area contributed by atoms with Crippen molar-refractivity contribution < 1.29 is 13.9 Å². The summed E-state index contributed by atoms with van der Waals surface area (Å²) in [5, 5.41) is 10.4. The van der Waals surface area contributed by atoms with Gasteiger partial charge in [-0.05, 0) is 25.0 Å². The van der Waals surface area contributed by atoms with Crippen LogP contribution in [-0.4, -0.2) is 35.4 Å². The molecule has 1 saturated heterocycles. The molecule has 0 saturated carbocycles.